The SMILES string of the molecule is CCCc1cccc(C(C)(C)c2cnc(-c3ccccc3F)[nH]2)c1. The van der Waals surface area contributed by atoms with Gasteiger partial charge in [-0.2, -0.15) is 0 Å². The van der Waals surface area contributed by atoms with Crippen LogP contribution in [0.4, 0.5) is 4.39 Å². The van der Waals surface area contributed by atoms with E-state index < -0.39 is 0 Å². The van der Waals surface area contributed by atoms with Gasteiger partial charge in [0.05, 0.1) is 5.56 Å². The fourth-order valence-electron chi connectivity index (χ4n) is 2.99. The molecule has 2 aromatic carbocycles. The maximum absolute atomic E-state index is 14.0. The number of rotatable bonds is 5. The Bertz CT molecular complexity index is 833. The zero-order valence-corrected chi connectivity index (χ0v) is 14.4. The number of aryl methyl sites for hydroxylation is 1. The van der Waals surface area contributed by atoms with Crippen molar-refractivity contribution in [2.24, 2.45) is 0 Å². The molecule has 0 radical (unpaired) electrons. The second kappa shape index (κ2) is 6.60. The van der Waals surface area contributed by atoms with Gasteiger partial charge in [-0.3, -0.25) is 0 Å². The predicted octanol–water partition coefficient (Wildman–Crippen LogP) is 5.49. The second-order valence-corrected chi connectivity index (χ2v) is 6.70. The Morgan fingerprint density at radius 2 is 1.88 bits per heavy atom. The highest BCUT2D eigenvalue weighted by Gasteiger charge is 2.26. The van der Waals surface area contributed by atoms with E-state index in [0.717, 1.165) is 18.5 Å². The Labute approximate surface area is 142 Å². The Balaban J connectivity index is 1.96. The molecule has 1 N–H and O–H groups in total. The average Bonchev–Trinajstić information content (AvgIpc) is 3.06. The molecule has 0 bridgehead atoms. The van der Waals surface area contributed by atoms with Crippen LogP contribution in [0, 0.1) is 5.82 Å². The number of hydrogen-bond donors (Lipinski definition) is 1. The van der Waals surface area contributed by atoms with Gasteiger partial charge in [-0.1, -0.05) is 63.6 Å². The highest BCUT2D eigenvalue weighted by molar-refractivity contribution is 5.56. The predicted molar refractivity (Wildman–Crippen MR) is 96.5 cm³/mol. The fourth-order valence-corrected chi connectivity index (χ4v) is 2.99. The topological polar surface area (TPSA) is 28.7 Å². The molecule has 1 heterocycles. The van der Waals surface area contributed by atoms with E-state index in [0.29, 0.717) is 11.4 Å². The van der Waals surface area contributed by atoms with Crippen LogP contribution in [-0.2, 0) is 11.8 Å². The Hall–Kier alpha value is -2.42. The van der Waals surface area contributed by atoms with Crippen LogP contribution in [0.5, 0.6) is 0 Å². The van der Waals surface area contributed by atoms with Gasteiger partial charge in [-0.05, 0) is 29.7 Å². The molecule has 0 amide bonds. The van der Waals surface area contributed by atoms with Gasteiger partial charge in [-0.15, -0.1) is 0 Å². The molecule has 0 spiro atoms. The lowest BCUT2D eigenvalue weighted by atomic mass is 9.81. The summed E-state index contributed by atoms with van der Waals surface area (Å²) in [7, 11) is 0. The van der Waals surface area contributed by atoms with Crippen molar-refractivity contribution >= 4 is 0 Å². The highest BCUT2D eigenvalue weighted by Crippen LogP contribution is 2.32. The molecular formula is C21H23FN2. The highest BCUT2D eigenvalue weighted by atomic mass is 19.1. The van der Waals surface area contributed by atoms with Crippen molar-refractivity contribution < 1.29 is 4.39 Å². The van der Waals surface area contributed by atoms with E-state index in [-0.39, 0.29) is 11.2 Å². The third kappa shape index (κ3) is 3.12. The monoisotopic (exact) mass is 322 g/mol. The summed E-state index contributed by atoms with van der Waals surface area (Å²) in [4.78, 5) is 7.71. The molecule has 1 aromatic heterocycles. The first-order chi connectivity index (χ1) is 11.5. The minimum Gasteiger partial charge on any atom is -0.341 e. The van der Waals surface area contributed by atoms with Gasteiger partial charge in [0.15, 0.2) is 0 Å². The van der Waals surface area contributed by atoms with E-state index in [2.05, 4.69) is 55.0 Å². The smallest absolute Gasteiger partial charge is 0.140 e. The number of H-pyrrole nitrogens is 1. The van der Waals surface area contributed by atoms with Crippen LogP contribution in [0.25, 0.3) is 11.4 Å². The summed E-state index contributed by atoms with van der Waals surface area (Å²) < 4.78 is 14.0. The number of imidazole rings is 1. The first-order valence-corrected chi connectivity index (χ1v) is 8.42. The first-order valence-electron chi connectivity index (χ1n) is 8.42. The van der Waals surface area contributed by atoms with Crippen LogP contribution in [-0.4, -0.2) is 9.97 Å². The van der Waals surface area contributed by atoms with Gasteiger partial charge >= 0.3 is 0 Å². The van der Waals surface area contributed by atoms with Gasteiger partial charge in [-0.25, -0.2) is 9.37 Å². The van der Waals surface area contributed by atoms with E-state index >= 15 is 0 Å². The van der Waals surface area contributed by atoms with Crippen molar-refractivity contribution in [2.75, 3.05) is 0 Å². The summed E-state index contributed by atoms with van der Waals surface area (Å²) in [6, 6.07) is 15.4. The van der Waals surface area contributed by atoms with Gasteiger partial charge in [0, 0.05) is 17.3 Å². The zero-order chi connectivity index (χ0) is 17.2. The maximum atomic E-state index is 14.0. The van der Waals surface area contributed by atoms with E-state index in [1.54, 1.807) is 12.1 Å². The molecule has 0 unspecified atom stereocenters. The molecule has 0 aliphatic carbocycles. The van der Waals surface area contributed by atoms with Crippen LogP contribution in [0.15, 0.2) is 54.7 Å². The summed E-state index contributed by atoms with van der Waals surface area (Å²) in [5, 5.41) is 0. The van der Waals surface area contributed by atoms with E-state index in [1.165, 1.54) is 17.2 Å². The average molecular weight is 322 g/mol. The molecule has 0 saturated carbocycles. The van der Waals surface area contributed by atoms with Gasteiger partial charge < -0.3 is 4.98 Å². The van der Waals surface area contributed by atoms with Crippen molar-refractivity contribution in [1.82, 2.24) is 9.97 Å². The molecule has 24 heavy (non-hydrogen) atoms. The standard InChI is InChI=1S/C21H23FN2/c1-4-8-15-9-7-10-16(13-15)21(2,3)19-14-23-20(24-19)17-11-5-6-12-18(17)22/h5-7,9-14H,4,8H2,1-3H3,(H,23,24). The van der Waals surface area contributed by atoms with E-state index in [1.807, 2.05) is 12.3 Å². The molecule has 0 aliphatic heterocycles. The molecule has 0 fully saturated rings. The van der Waals surface area contributed by atoms with Crippen molar-refractivity contribution in [3.63, 3.8) is 0 Å². The van der Waals surface area contributed by atoms with Crippen molar-refractivity contribution in [2.45, 2.75) is 39.0 Å². The Morgan fingerprint density at radius 3 is 2.62 bits per heavy atom. The van der Waals surface area contributed by atoms with E-state index in [9.17, 15) is 4.39 Å². The number of hydrogen-bond acceptors (Lipinski definition) is 1. The number of benzene rings is 2. The molecule has 3 rings (SSSR count). The second-order valence-electron chi connectivity index (χ2n) is 6.70. The molecule has 0 atom stereocenters. The minimum atomic E-state index is -0.263. The quantitative estimate of drug-likeness (QED) is 0.660. The zero-order valence-electron chi connectivity index (χ0n) is 14.4. The summed E-state index contributed by atoms with van der Waals surface area (Å²) in [6.07, 6.45) is 4.02. The molecule has 0 aliphatic rings. The molecule has 124 valence electrons. The van der Waals surface area contributed by atoms with Crippen molar-refractivity contribution in [3.8, 4) is 11.4 Å². The third-order valence-corrected chi connectivity index (χ3v) is 4.57. The largest absolute Gasteiger partial charge is 0.341 e. The van der Waals surface area contributed by atoms with E-state index in [4.69, 9.17) is 0 Å². The van der Waals surface area contributed by atoms with Gasteiger partial charge in [0.2, 0.25) is 0 Å². The van der Waals surface area contributed by atoms with Crippen LogP contribution < -0.4 is 0 Å². The summed E-state index contributed by atoms with van der Waals surface area (Å²) >= 11 is 0. The number of halogens is 1. The molecule has 2 nitrogen and oxygen atoms in total. The van der Waals surface area contributed by atoms with Crippen molar-refractivity contribution in [3.05, 3.63) is 77.4 Å². The third-order valence-electron chi connectivity index (χ3n) is 4.57. The van der Waals surface area contributed by atoms with Crippen LogP contribution in [0.1, 0.15) is 44.0 Å². The first kappa shape index (κ1) is 16.4. The number of aromatic nitrogens is 2. The molecular weight excluding hydrogens is 299 g/mol. The lowest BCUT2D eigenvalue weighted by Gasteiger charge is -2.24. The lowest BCUT2D eigenvalue weighted by Crippen LogP contribution is -2.19. The Morgan fingerprint density at radius 1 is 1.08 bits per heavy atom. The Kier molecular flexibility index (Phi) is 4.52. The summed E-state index contributed by atoms with van der Waals surface area (Å²) in [5.74, 6) is 0.307. The summed E-state index contributed by atoms with van der Waals surface area (Å²) in [5.41, 5.74) is 3.84. The maximum Gasteiger partial charge on any atom is 0.140 e. The van der Waals surface area contributed by atoms with Crippen LogP contribution >= 0.6 is 0 Å². The van der Waals surface area contributed by atoms with Crippen LogP contribution in [0.2, 0.25) is 0 Å². The minimum absolute atomic E-state index is 0.222. The lowest BCUT2D eigenvalue weighted by molar-refractivity contribution is 0.618. The normalized spacial score (nSPS) is 11.7. The molecule has 0 saturated heterocycles. The molecule has 3 aromatic rings. The summed E-state index contributed by atoms with van der Waals surface area (Å²) in [6.45, 7) is 6.51. The molecule has 3 heteroatoms. The number of nitrogens with zero attached hydrogens (tertiary/aromatic N) is 1. The van der Waals surface area contributed by atoms with Gasteiger partial charge in [0.25, 0.3) is 0 Å². The number of nitrogens with one attached hydrogen (secondary N) is 1. The van der Waals surface area contributed by atoms with Gasteiger partial charge in [0.1, 0.15) is 11.6 Å². The number of aromatic amines is 1. The fraction of sp³-hybridized carbons (Fsp3) is 0.286. The van der Waals surface area contributed by atoms with Crippen molar-refractivity contribution in [1.29, 1.82) is 0 Å². The van der Waals surface area contributed by atoms with Crippen LogP contribution in [0.3, 0.4) is 0 Å².